The first kappa shape index (κ1) is 15.1. The van der Waals surface area contributed by atoms with Crippen molar-refractivity contribution in [2.75, 3.05) is 11.4 Å². The van der Waals surface area contributed by atoms with Crippen molar-refractivity contribution in [1.82, 2.24) is 10.2 Å². The van der Waals surface area contributed by atoms with Crippen LogP contribution in [0.4, 0.5) is 10.1 Å². The van der Waals surface area contributed by atoms with E-state index in [2.05, 4.69) is 10.2 Å². The van der Waals surface area contributed by atoms with E-state index in [1.54, 1.807) is 12.1 Å². The highest BCUT2D eigenvalue weighted by Gasteiger charge is 2.25. The summed E-state index contributed by atoms with van der Waals surface area (Å²) in [6.07, 6.45) is 4.76. The molecule has 2 heterocycles. The van der Waals surface area contributed by atoms with Gasteiger partial charge in [-0.3, -0.25) is 9.59 Å². The average molecular weight is 327 g/mol. The number of carbonyl (C=O) groups is 1. The van der Waals surface area contributed by atoms with Crippen LogP contribution >= 0.6 is 0 Å². The SMILES string of the molecule is O=C1CCCN1c1cc(-c2n[nH]c(=O)c3c2CCCC3)ccc1F. The Kier molecular flexibility index (Phi) is 3.67. The minimum absolute atomic E-state index is 0.0532. The first-order chi connectivity index (χ1) is 11.6. The molecule has 0 unspecified atom stereocenters. The zero-order chi connectivity index (χ0) is 16.7. The van der Waals surface area contributed by atoms with E-state index in [1.165, 1.54) is 11.0 Å². The number of nitrogens with zero attached hydrogens (tertiary/aromatic N) is 2. The van der Waals surface area contributed by atoms with Gasteiger partial charge in [-0.1, -0.05) is 0 Å². The van der Waals surface area contributed by atoms with Gasteiger partial charge in [-0.05, 0) is 55.9 Å². The van der Waals surface area contributed by atoms with Gasteiger partial charge in [0.1, 0.15) is 5.82 Å². The minimum Gasteiger partial charge on any atom is -0.310 e. The molecule has 24 heavy (non-hydrogen) atoms. The summed E-state index contributed by atoms with van der Waals surface area (Å²) in [5.41, 5.74) is 3.33. The number of anilines is 1. The molecule has 5 nitrogen and oxygen atoms in total. The van der Waals surface area contributed by atoms with Crippen LogP contribution in [-0.4, -0.2) is 22.6 Å². The number of aromatic nitrogens is 2. The maximum atomic E-state index is 14.2. The highest BCUT2D eigenvalue weighted by molar-refractivity contribution is 5.96. The zero-order valence-electron chi connectivity index (χ0n) is 13.3. The molecule has 0 radical (unpaired) electrons. The Balaban J connectivity index is 1.83. The highest BCUT2D eigenvalue weighted by atomic mass is 19.1. The second kappa shape index (κ2) is 5.85. The van der Waals surface area contributed by atoms with Gasteiger partial charge in [0, 0.05) is 24.1 Å². The first-order valence-electron chi connectivity index (χ1n) is 8.36. The van der Waals surface area contributed by atoms with Crippen LogP contribution < -0.4 is 10.5 Å². The fourth-order valence-corrected chi connectivity index (χ4v) is 3.67. The van der Waals surface area contributed by atoms with E-state index in [1.807, 2.05) is 0 Å². The number of rotatable bonds is 2. The first-order valence-corrected chi connectivity index (χ1v) is 8.36. The van der Waals surface area contributed by atoms with Crippen molar-refractivity contribution in [1.29, 1.82) is 0 Å². The molecule has 0 saturated carbocycles. The Morgan fingerprint density at radius 3 is 2.58 bits per heavy atom. The van der Waals surface area contributed by atoms with Crippen LogP contribution in [0.5, 0.6) is 0 Å². The topological polar surface area (TPSA) is 66.1 Å². The summed E-state index contributed by atoms with van der Waals surface area (Å²) in [4.78, 5) is 25.4. The molecule has 1 N–H and O–H groups in total. The number of hydrogen-bond donors (Lipinski definition) is 1. The van der Waals surface area contributed by atoms with E-state index in [0.29, 0.717) is 24.3 Å². The highest BCUT2D eigenvalue weighted by Crippen LogP contribution is 2.32. The maximum absolute atomic E-state index is 14.2. The third kappa shape index (κ3) is 2.42. The van der Waals surface area contributed by atoms with Crippen LogP contribution in [0.2, 0.25) is 0 Å². The summed E-state index contributed by atoms with van der Waals surface area (Å²) in [5.74, 6) is -0.463. The largest absolute Gasteiger partial charge is 0.310 e. The number of carbonyl (C=O) groups excluding carboxylic acids is 1. The molecular formula is C18H18FN3O2. The van der Waals surface area contributed by atoms with Gasteiger partial charge >= 0.3 is 0 Å². The lowest BCUT2D eigenvalue weighted by molar-refractivity contribution is -0.117. The van der Waals surface area contributed by atoms with Crippen molar-refractivity contribution < 1.29 is 9.18 Å². The molecule has 2 aliphatic rings. The lowest BCUT2D eigenvalue weighted by atomic mass is 9.90. The molecule has 0 atom stereocenters. The van der Waals surface area contributed by atoms with Crippen molar-refractivity contribution in [2.45, 2.75) is 38.5 Å². The molecule has 1 aliphatic carbocycles. The maximum Gasteiger partial charge on any atom is 0.267 e. The van der Waals surface area contributed by atoms with Crippen molar-refractivity contribution >= 4 is 11.6 Å². The molecule has 1 amide bonds. The second-order valence-electron chi connectivity index (χ2n) is 6.38. The van der Waals surface area contributed by atoms with E-state index < -0.39 is 5.82 Å². The molecule has 0 bridgehead atoms. The normalized spacial score (nSPS) is 17.2. The third-order valence-corrected chi connectivity index (χ3v) is 4.88. The molecule has 1 aliphatic heterocycles. The number of fused-ring (bicyclic) bond motifs is 1. The summed E-state index contributed by atoms with van der Waals surface area (Å²) in [6, 6.07) is 4.71. The van der Waals surface area contributed by atoms with E-state index >= 15 is 0 Å². The van der Waals surface area contributed by atoms with Gasteiger partial charge in [0.25, 0.3) is 5.56 Å². The number of aromatic amines is 1. The van der Waals surface area contributed by atoms with Crippen molar-refractivity contribution in [3.8, 4) is 11.3 Å². The fraction of sp³-hybridized carbons (Fsp3) is 0.389. The monoisotopic (exact) mass is 327 g/mol. The van der Waals surface area contributed by atoms with Gasteiger partial charge < -0.3 is 4.90 Å². The summed E-state index contributed by atoms with van der Waals surface area (Å²) < 4.78 is 14.2. The summed E-state index contributed by atoms with van der Waals surface area (Å²) in [5, 5.41) is 6.77. The summed E-state index contributed by atoms with van der Waals surface area (Å²) >= 11 is 0. The Morgan fingerprint density at radius 2 is 1.83 bits per heavy atom. The van der Waals surface area contributed by atoms with Crippen LogP contribution in [0.15, 0.2) is 23.0 Å². The Hall–Kier alpha value is -2.50. The molecule has 0 spiro atoms. The molecule has 1 fully saturated rings. The van der Waals surface area contributed by atoms with Crippen LogP contribution in [0.3, 0.4) is 0 Å². The van der Waals surface area contributed by atoms with Crippen LogP contribution in [0.25, 0.3) is 11.3 Å². The number of amides is 1. The fourth-order valence-electron chi connectivity index (χ4n) is 3.67. The number of halogens is 1. The lowest BCUT2D eigenvalue weighted by Gasteiger charge is -2.20. The second-order valence-corrected chi connectivity index (χ2v) is 6.38. The van der Waals surface area contributed by atoms with Crippen LogP contribution in [0, 0.1) is 5.82 Å². The summed E-state index contributed by atoms with van der Waals surface area (Å²) in [6.45, 7) is 0.538. The van der Waals surface area contributed by atoms with Crippen LogP contribution in [-0.2, 0) is 17.6 Å². The number of nitrogens with one attached hydrogen (secondary N) is 1. The summed E-state index contributed by atoms with van der Waals surface area (Å²) in [7, 11) is 0. The predicted octanol–water partition coefficient (Wildman–Crippen LogP) is 2.58. The Bertz CT molecular complexity index is 875. The van der Waals surface area contributed by atoms with Gasteiger partial charge in [0.15, 0.2) is 0 Å². The number of benzene rings is 1. The van der Waals surface area contributed by atoms with Crippen LogP contribution in [0.1, 0.15) is 36.8 Å². The molecule has 1 aromatic carbocycles. The molecular weight excluding hydrogens is 309 g/mol. The molecule has 2 aromatic rings. The van der Waals surface area contributed by atoms with Gasteiger partial charge in [0.05, 0.1) is 11.4 Å². The minimum atomic E-state index is -0.410. The predicted molar refractivity (Wildman–Crippen MR) is 88.5 cm³/mol. The third-order valence-electron chi connectivity index (χ3n) is 4.88. The lowest BCUT2D eigenvalue weighted by Crippen LogP contribution is -2.25. The Labute approximate surface area is 138 Å². The van der Waals surface area contributed by atoms with Gasteiger partial charge in [-0.25, -0.2) is 9.49 Å². The molecule has 6 heteroatoms. The van der Waals surface area contributed by atoms with E-state index in [9.17, 15) is 14.0 Å². The van der Waals surface area contributed by atoms with E-state index in [0.717, 1.165) is 48.8 Å². The van der Waals surface area contributed by atoms with Crippen molar-refractivity contribution in [2.24, 2.45) is 0 Å². The average Bonchev–Trinajstić information content (AvgIpc) is 3.02. The quantitative estimate of drug-likeness (QED) is 0.922. The van der Waals surface area contributed by atoms with Gasteiger partial charge in [0.2, 0.25) is 5.91 Å². The number of hydrogen-bond acceptors (Lipinski definition) is 3. The Morgan fingerprint density at radius 1 is 1.04 bits per heavy atom. The van der Waals surface area contributed by atoms with Crippen molar-refractivity contribution in [3.05, 3.63) is 45.5 Å². The van der Waals surface area contributed by atoms with Gasteiger partial charge in [-0.2, -0.15) is 5.10 Å². The molecule has 1 aromatic heterocycles. The van der Waals surface area contributed by atoms with Crippen molar-refractivity contribution in [3.63, 3.8) is 0 Å². The number of H-pyrrole nitrogens is 1. The molecule has 4 rings (SSSR count). The molecule has 124 valence electrons. The smallest absolute Gasteiger partial charge is 0.267 e. The van der Waals surface area contributed by atoms with E-state index in [-0.39, 0.29) is 11.5 Å². The zero-order valence-corrected chi connectivity index (χ0v) is 13.3. The van der Waals surface area contributed by atoms with Gasteiger partial charge in [-0.15, -0.1) is 0 Å². The van der Waals surface area contributed by atoms with E-state index in [4.69, 9.17) is 0 Å². The molecule has 1 saturated heterocycles. The standard InChI is InChI=1S/C18H18FN3O2/c19-14-8-7-11(10-15(14)22-9-3-6-16(22)23)17-12-4-1-2-5-13(12)18(24)21-20-17/h7-8,10H,1-6,9H2,(H,21,24).